The molecule has 0 aliphatic heterocycles. The number of rotatable bonds is 7. The van der Waals surface area contributed by atoms with Crippen molar-refractivity contribution in [1.29, 1.82) is 0 Å². The average molecular weight is 481 g/mol. The summed E-state index contributed by atoms with van der Waals surface area (Å²) in [4.78, 5) is 26.7. The van der Waals surface area contributed by atoms with Gasteiger partial charge in [-0.3, -0.25) is 14.6 Å². The molecule has 8 heteroatoms. The number of hydrogen-bond donors (Lipinski definition) is 4. The van der Waals surface area contributed by atoms with Gasteiger partial charge in [0, 0.05) is 25.7 Å². The van der Waals surface area contributed by atoms with Crippen molar-refractivity contribution in [1.82, 2.24) is 16.0 Å². The van der Waals surface area contributed by atoms with Crippen LogP contribution in [0, 0.1) is 0 Å². The highest BCUT2D eigenvalue weighted by Crippen LogP contribution is 2.04. The van der Waals surface area contributed by atoms with Crippen molar-refractivity contribution < 1.29 is 9.59 Å². The molecule has 2 aromatic rings. The summed E-state index contributed by atoms with van der Waals surface area (Å²) >= 11 is 0. The normalized spacial score (nSPS) is 10.5. The number of aliphatic imine (C=N–C) groups is 1. The van der Waals surface area contributed by atoms with Gasteiger partial charge < -0.3 is 21.7 Å². The number of primary amides is 1. The van der Waals surface area contributed by atoms with E-state index in [1.807, 2.05) is 42.5 Å². The molecule has 0 aliphatic rings. The molecule has 27 heavy (non-hydrogen) atoms. The van der Waals surface area contributed by atoms with Crippen LogP contribution in [-0.4, -0.2) is 31.4 Å². The summed E-state index contributed by atoms with van der Waals surface area (Å²) in [6, 6.07) is 17.1. The van der Waals surface area contributed by atoms with Crippen LogP contribution in [0.25, 0.3) is 0 Å². The summed E-state index contributed by atoms with van der Waals surface area (Å²) in [5.41, 5.74) is 7.65. The molecule has 0 heterocycles. The van der Waals surface area contributed by atoms with Gasteiger partial charge >= 0.3 is 0 Å². The summed E-state index contributed by atoms with van der Waals surface area (Å²) < 4.78 is 0. The molecule has 0 bridgehead atoms. The third kappa shape index (κ3) is 8.07. The molecule has 0 radical (unpaired) electrons. The molecule has 5 N–H and O–H groups in total. The van der Waals surface area contributed by atoms with Gasteiger partial charge in [0.2, 0.25) is 5.91 Å². The zero-order chi connectivity index (χ0) is 18.8. The predicted octanol–water partition coefficient (Wildman–Crippen LogP) is 1.38. The molecule has 0 atom stereocenters. The number of nitrogens with one attached hydrogen (secondary N) is 3. The Bertz CT molecular complexity index is 763. The fraction of sp³-hybridized carbons (Fsp3) is 0.211. The Labute approximate surface area is 175 Å². The van der Waals surface area contributed by atoms with Gasteiger partial charge in [-0.15, -0.1) is 24.0 Å². The minimum absolute atomic E-state index is 0. The van der Waals surface area contributed by atoms with Gasteiger partial charge in [0.25, 0.3) is 5.91 Å². The van der Waals surface area contributed by atoms with Crippen LogP contribution in [0.3, 0.4) is 0 Å². The molecular formula is C19H24IN5O2. The highest BCUT2D eigenvalue weighted by atomic mass is 127. The van der Waals surface area contributed by atoms with E-state index in [0.717, 1.165) is 5.56 Å². The number of benzene rings is 2. The zero-order valence-corrected chi connectivity index (χ0v) is 17.4. The average Bonchev–Trinajstić information content (AvgIpc) is 2.67. The van der Waals surface area contributed by atoms with Gasteiger partial charge in [0.1, 0.15) is 0 Å². The maximum Gasteiger partial charge on any atom is 0.251 e. The van der Waals surface area contributed by atoms with E-state index in [0.29, 0.717) is 24.6 Å². The number of carbonyl (C=O) groups is 2. The number of nitrogens with zero attached hydrogens (tertiary/aromatic N) is 1. The van der Waals surface area contributed by atoms with E-state index < -0.39 is 5.91 Å². The molecule has 7 nitrogen and oxygen atoms in total. The molecular weight excluding hydrogens is 457 g/mol. The van der Waals surface area contributed by atoms with Crippen LogP contribution < -0.4 is 21.7 Å². The SMILES string of the molecule is CN=C(NCc1ccccc1)NCc1ccc(C(=O)NCC(N)=O)cc1.I. The van der Waals surface area contributed by atoms with Gasteiger partial charge in [-0.1, -0.05) is 42.5 Å². The fourth-order valence-corrected chi connectivity index (χ4v) is 2.23. The minimum atomic E-state index is -0.575. The van der Waals surface area contributed by atoms with Gasteiger partial charge in [-0.2, -0.15) is 0 Å². The first-order valence-corrected chi connectivity index (χ1v) is 8.22. The minimum Gasteiger partial charge on any atom is -0.368 e. The third-order valence-corrected chi connectivity index (χ3v) is 3.63. The standard InChI is InChI=1S/C19H23N5O2.HI/c1-21-19(23-11-14-5-3-2-4-6-14)24-12-15-7-9-16(10-8-15)18(26)22-13-17(20)25;/h2-10H,11-13H2,1H3,(H2,20,25)(H,22,26)(H2,21,23,24);1H. The largest absolute Gasteiger partial charge is 0.368 e. The van der Waals surface area contributed by atoms with E-state index in [9.17, 15) is 9.59 Å². The lowest BCUT2D eigenvalue weighted by molar-refractivity contribution is -0.117. The highest BCUT2D eigenvalue weighted by Gasteiger charge is 2.06. The van der Waals surface area contributed by atoms with Crippen LogP contribution in [0.5, 0.6) is 0 Å². The van der Waals surface area contributed by atoms with Gasteiger partial charge in [-0.05, 0) is 23.3 Å². The Kier molecular flexibility index (Phi) is 9.88. The maximum absolute atomic E-state index is 11.8. The topological polar surface area (TPSA) is 109 Å². The van der Waals surface area contributed by atoms with Crippen LogP contribution in [0.1, 0.15) is 21.5 Å². The van der Waals surface area contributed by atoms with Crippen molar-refractivity contribution in [2.45, 2.75) is 13.1 Å². The quantitative estimate of drug-likeness (QED) is 0.272. The van der Waals surface area contributed by atoms with Gasteiger partial charge in [0.05, 0.1) is 6.54 Å². The Balaban J connectivity index is 0.00000364. The van der Waals surface area contributed by atoms with Crippen LogP contribution >= 0.6 is 24.0 Å². The molecule has 2 rings (SSSR count). The van der Waals surface area contributed by atoms with Crippen molar-refractivity contribution in [3.8, 4) is 0 Å². The number of amides is 2. The van der Waals surface area contributed by atoms with Crippen LogP contribution in [0.15, 0.2) is 59.6 Å². The van der Waals surface area contributed by atoms with Crippen molar-refractivity contribution in [3.63, 3.8) is 0 Å². The van der Waals surface area contributed by atoms with E-state index in [4.69, 9.17) is 5.73 Å². The van der Waals surface area contributed by atoms with Gasteiger partial charge in [-0.25, -0.2) is 0 Å². The lowest BCUT2D eigenvalue weighted by Gasteiger charge is -2.12. The molecule has 0 spiro atoms. The third-order valence-electron chi connectivity index (χ3n) is 3.63. The van der Waals surface area contributed by atoms with E-state index in [2.05, 4.69) is 20.9 Å². The van der Waals surface area contributed by atoms with Crippen LogP contribution in [-0.2, 0) is 17.9 Å². The Morgan fingerprint density at radius 1 is 0.889 bits per heavy atom. The summed E-state index contributed by atoms with van der Waals surface area (Å²) in [5, 5.41) is 8.92. The second-order valence-electron chi connectivity index (χ2n) is 5.61. The Morgan fingerprint density at radius 2 is 1.44 bits per heavy atom. The maximum atomic E-state index is 11.8. The highest BCUT2D eigenvalue weighted by molar-refractivity contribution is 14.0. The molecule has 0 saturated heterocycles. The van der Waals surface area contributed by atoms with Crippen LogP contribution in [0.4, 0.5) is 0 Å². The molecule has 0 aromatic heterocycles. The fourth-order valence-electron chi connectivity index (χ4n) is 2.23. The van der Waals surface area contributed by atoms with E-state index in [-0.39, 0.29) is 36.4 Å². The Morgan fingerprint density at radius 3 is 1.96 bits per heavy atom. The molecule has 0 aliphatic carbocycles. The second kappa shape index (κ2) is 11.9. The lowest BCUT2D eigenvalue weighted by Crippen LogP contribution is -2.36. The van der Waals surface area contributed by atoms with Crippen LogP contribution in [0.2, 0.25) is 0 Å². The summed E-state index contributed by atoms with van der Waals surface area (Å²) in [6.07, 6.45) is 0. The summed E-state index contributed by atoms with van der Waals surface area (Å²) in [6.45, 7) is 1.07. The number of hydrogen-bond acceptors (Lipinski definition) is 3. The number of nitrogens with two attached hydrogens (primary N) is 1. The molecule has 0 unspecified atom stereocenters. The molecule has 2 amide bonds. The van der Waals surface area contributed by atoms with Crippen molar-refractivity contribution in [2.75, 3.05) is 13.6 Å². The lowest BCUT2D eigenvalue weighted by atomic mass is 10.1. The van der Waals surface area contributed by atoms with Crippen molar-refractivity contribution in [3.05, 3.63) is 71.3 Å². The Hall–Kier alpha value is -2.62. The van der Waals surface area contributed by atoms with E-state index >= 15 is 0 Å². The summed E-state index contributed by atoms with van der Waals surface area (Å²) in [7, 11) is 1.71. The molecule has 2 aromatic carbocycles. The first-order chi connectivity index (χ1) is 12.6. The van der Waals surface area contributed by atoms with Crippen molar-refractivity contribution in [2.24, 2.45) is 10.7 Å². The first kappa shape index (κ1) is 22.4. The second-order valence-corrected chi connectivity index (χ2v) is 5.61. The van der Waals surface area contributed by atoms with E-state index in [1.54, 1.807) is 19.2 Å². The number of guanidine groups is 1. The summed E-state index contributed by atoms with van der Waals surface area (Å²) in [5.74, 6) is -0.214. The monoisotopic (exact) mass is 481 g/mol. The van der Waals surface area contributed by atoms with Crippen molar-refractivity contribution >= 4 is 41.8 Å². The molecule has 144 valence electrons. The molecule has 0 saturated carbocycles. The number of carbonyl (C=O) groups excluding carboxylic acids is 2. The van der Waals surface area contributed by atoms with E-state index in [1.165, 1.54) is 5.56 Å². The smallest absolute Gasteiger partial charge is 0.251 e. The predicted molar refractivity (Wildman–Crippen MR) is 117 cm³/mol. The molecule has 0 fully saturated rings. The number of halogens is 1. The van der Waals surface area contributed by atoms with Gasteiger partial charge in [0.15, 0.2) is 5.96 Å². The first-order valence-electron chi connectivity index (χ1n) is 8.22. The zero-order valence-electron chi connectivity index (χ0n) is 15.1.